The number of rotatable bonds is 8. The lowest BCUT2D eigenvalue weighted by molar-refractivity contribution is -0.115. The lowest BCUT2D eigenvalue weighted by atomic mass is 10.0. The van der Waals surface area contributed by atoms with Crippen molar-refractivity contribution in [3.8, 4) is 33.8 Å². The minimum atomic E-state index is -3.19. The standard InChI is InChI=1S/C30H26FN7O3S/c1-3-28(39)34-21-11-19(13-32-14-21)24-4-5-25-29(36-24)30(38-37-25)26-12-22-23(15-33-16-27(22)35-26)18-8-17(9-20(31)10-18)6-7-42(2,40)41/h4-5,8-16,35H,3,6-7H2,1-2H3,(H,34,39)(H,37,38). The maximum absolute atomic E-state index is 14.6. The number of nitrogens with zero attached hydrogens (tertiary/aromatic N) is 4. The van der Waals surface area contributed by atoms with Gasteiger partial charge in [-0.2, -0.15) is 5.10 Å². The minimum absolute atomic E-state index is 0.0679. The zero-order valence-corrected chi connectivity index (χ0v) is 23.6. The number of amides is 1. The van der Waals surface area contributed by atoms with Crippen LogP contribution < -0.4 is 5.32 Å². The van der Waals surface area contributed by atoms with Crippen molar-refractivity contribution in [2.75, 3.05) is 17.3 Å². The summed E-state index contributed by atoms with van der Waals surface area (Å²) >= 11 is 0. The fourth-order valence-corrected chi connectivity index (χ4v) is 5.41. The van der Waals surface area contributed by atoms with Gasteiger partial charge in [-0.15, -0.1) is 0 Å². The van der Waals surface area contributed by atoms with Crippen LogP contribution in [0.2, 0.25) is 0 Å². The molecule has 0 spiro atoms. The Hall–Kier alpha value is -4.97. The number of fused-ring (bicyclic) bond motifs is 2. The highest BCUT2D eigenvalue weighted by Crippen LogP contribution is 2.34. The number of nitrogens with one attached hydrogen (secondary N) is 3. The fraction of sp³-hybridized carbons (Fsp3) is 0.167. The number of hydrogen-bond donors (Lipinski definition) is 3. The Morgan fingerprint density at radius 3 is 2.62 bits per heavy atom. The highest BCUT2D eigenvalue weighted by Gasteiger charge is 2.17. The van der Waals surface area contributed by atoms with E-state index in [0.717, 1.165) is 28.2 Å². The molecule has 6 aromatic rings. The summed E-state index contributed by atoms with van der Waals surface area (Å²) in [5, 5.41) is 11.2. The number of aromatic amines is 2. The average Bonchev–Trinajstić information content (AvgIpc) is 3.59. The Kier molecular flexibility index (Phi) is 6.99. The number of sulfone groups is 1. The van der Waals surface area contributed by atoms with Crippen molar-refractivity contribution < 1.29 is 17.6 Å². The van der Waals surface area contributed by atoms with Gasteiger partial charge >= 0.3 is 0 Å². The molecule has 0 unspecified atom stereocenters. The number of benzene rings is 1. The molecule has 0 atom stereocenters. The van der Waals surface area contributed by atoms with Crippen LogP contribution >= 0.6 is 0 Å². The second kappa shape index (κ2) is 10.8. The number of aryl methyl sites for hydroxylation is 1. The van der Waals surface area contributed by atoms with Crippen LogP contribution in [-0.4, -0.2) is 56.5 Å². The summed E-state index contributed by atoms with van der Waals surface area (Å²) < 4.78 is 37.9. The lowest BCUT2D eigenvalue weighted by Crippen LogP contribution is -2.09. The summed E-state index contributed by atoms with van der Waals surface area (Å²) in [5.41, 5.74) is 7.21. The highest BCUT2D eigenvalue weighted by atomic mass is 32.2. The number of carbonyl (C=O) groups excluding carboxylic acids is 1. The van der Waals surface area contributed by atoms with Gasteiger partial charge in [0, 0.05) is 41.6 Å². The monoisotopic (exact) mass is 583 g/mol. The third-order valence-electron chi connectivity index (χ3n) is 6.88. The number of H-pyrrole nitrogens is 2. The van der Waals surface area contributed by atoms with Gasteiger partial charge in [0.1, 0.15) is 26.9 Å². The largest absolute Gasteiger partial charge is 0.352 e. The molecule has 0 fully saturated rings. The molecule has 5 aromatic heterocycles. The van der Waals surface area contributed by atoms with Crippen molar-refractivity contribution in [2.45, 2.75) is 19.8 Å². The molecular weight excluding hydrogens is 557 g/mol. The van der Waals surface area contributed by atoms with Crippen molar-refractivity contribution in [3.63, 3.8) is 0 Å². The van der Waals surface area contributed by atoms with Gasteiger partial charge in [-0.25, -0.2) is 17.8 Å². The van der Waals surface area contributed by atoms with Crippen LogP contribution in [0.1, 0.15) is 18.9 Å². The molecule has 0 saturated carbocycles. The third kappa shape index (κ3) is 5.61. The first-order valence-electron chi connectivity index (χ1n) is 13.2. The second-order valence-electron chi connectivity index (χ2n) is 10.1. The zero-order chi connectivity index (χ0) is 29.4. The van der Waals surface area contributed by atoms with Crippen LogP contribution in [0, 0.1) is 5.82 Å². The van der Waals surface area contributed by atoms with Gasteiger partial charge in [0.25, 0.3) is 0 Å². The number of hydrogen-bond acceptors (Lipinski definition) is 7. The van der Waals surface area contributed by atoms with Gasteiger partial charge < -0.3 is 10.3 Å². The van der Waals surface area contributed by atoms with E-state index < -0.39 is 15.7 Å². The quantitative estimate of drug-likeness (QED) is 0.220. The molecule has 6 rings (SSSR count). The maximum Gasteiger partial charge on any atom is 0.224 e. The molecule has 212 valence electrons. The van der Waals surface area contributed by atoms with Gasteiger partial charge in [0.2, 0.25) is 5.91 Å². The third-order valence-corrected chi connectivity index (χ3v) is 7.82. The van der Waals surface area contributed by atoms with E-state index in [-0.39, 0.29) is 18.1 Å². The average molecular weight is 584 g/mol. The molecule has 0 aliphatic heterocycles. The first kappa shape index (κ1) is 27.2. The summed E-state index contributed by atoms with van der Waals surface area (Å²) in [6.07, 6.45) is 8.34. The second-order valence-corrected chi connectivity index (χ2v) is 12.3. The molecule has 0 radical (unpaired) electrons. The van der Waals surface area contributed by atoms with Crippen molar-refractivity contribution >= 4 is 43.4 Å². The van der Waals surface area contributed by atoms with Crippen LogP contribution in [0.5, 0.6) is 0 Å². The van der Waals surface area contributed by atoms with Crippen molar-refractivity contribution in [1.82, 2.24) is 30.1 Å². The fourth-order valence-electron chi connectivity index (χ4n) is 4.81. The smallest absolute Gasteiger partial charge is 0.224 e. The van der Waals surface area contributed by atoms with E-state index in [9.17, 15) is 17.6 Å². The first-order valence-corrected chi connectivity index (χ1v) is 15.3. The van der Waals surface area contributed by atoms with E-state index in [2.05, 4.69) is 30.5 Å². The molecular formula is C30H26FN7O3S. The Morgan fingerprint density at radius 2 is 1.81 bits per heavy atom. The molecule has 12 heteroatoms. The SMILES string of the molecule is CCC(=O)Nc1cncc(-c2ccc3[nH]nc(-c4cc5c(-c6cc(F)cc(CCS(C)(=O)=O)c6)cncc5[nH]4)c3n2)c1. The van der Waals surface area contributed by atoms with Gasteiger partial charge in [0.05, 0.1) is 46.3 Å². The normalized spacial score (nSPS) is 11.8. The number of anilines is 1. The van der Waals surface area contributed by atoms with E-state index in [1.807, 2.05) is 24.3 Å². The van der Waals surface area contributed by atoms with Crippen LogP contribution in [0.25, 0.3) is 55.7 Å². The molecule has 0 saturated heterocycles. The molecule has 5 heterocycles. The lowest BCUT2D eigenvalue weighted by Gasteiger charge is -2.07. The Bertz CT molecular complexity index is 2090. The van der Waals surface area contributed by atoms with Crippen LogP contribution in [0.4, 0.5) is 10.1 Å². The molecule has 1 aromatic carbocycles. The molecule has 3 N–H and O–H groups in total. The molecule has 0 aliphatic rings. The summed E-state index contributed by atoms with van der Waals surface area (Å²) in [6.45, 7) is 1.78. The summed E-state index contributed by atoms with van der Waals surface area (Å²) in [5.74, 6) is -0.626. The Labute approximate surface area is 240 Å². The summed E-state index contributed by atoms with van der Waals surface area (Å²) in [4.78, 5) is 28.7. The van der Waals surface area contributed by atoms with Gasteiger partial charge in [-0.3, -0.25) is 19.9 Å². The van der Waals surface area contributed by atoms with Gasteiger partial charge in [-0.1, -0.05) is 13.0 Å². The molecule has 10 nitrogen and oxygen atoms in total. The van der Waals surface area contributed by atoms with Gasteiger partial charge in [0.15, 0.2) is 0 Å². The van der Waals surface area contributed by atoms with E-state index in [1.54, 1.807) is 37.8 Å². The predicted molar refractivity (Wildman–Crippen MR) is 160 cm³/mol. The van der Waals surface area contributed by atoms with E-state index >= 15 is 0 Å². The number of aromatic nitrogens is 6. The summed E-state index contributed by atoms with van der Waals surface area (Å²) in [7, 11) is -3.19. The van der Waals surface area contributed by atoms with Gasteiger partial charge in [-0.05, 0) is 53.9 Å². The highest BCUT2D eigenvalue weighted by molar-refractivity contribution is 7.90. The molecule has 1 amide bonds. The number of carbonyl (C=O) groups is 1. The van der Waals surface area contributed by atoms with Crippen LogP contribution in [-0.2, 0) is 21.1 Å². The minimum Gasteiger partial charge on any atom is -0.352 e. The topological polar surface area (TPSA) is 146 Å². The Balaban J connectivity index is 1.39. The maximum atomic E-state index is 14.6. The Morgan fingerprint density at radius 1 is 0.976 bits per heavy atom. The number of pyridine rings is 3. The van der Waals surface area contributed by atoms with E-state index in [0.29, 0.717) is 51.4 Å². The van der Waals surface area contributed by atoms with Crippen LogP contribution in [0.15, 0.2) is 67.3 Å². The summed E-state index contributed by atoms with van der Waals surface area (Å²) in [6, 6.07) is 12.0. The van der Waals surface area contributed by atoms with Crippen molar-refractivity contribution in [3.05, 3.63) is 78.6 Å². The molecule has 0 bridgehead atoms. The molecule has 0 aliphatic carbocycles. The first-order chi connectivity index (χ1) is 20.2. The number of halogens is 1. The van der Waals surface area contributed by atoms with E-state index in [4.69, 9.17) is 4.98 Å². The van der Waals surface area contributed by atoms with Crippen molar-refractivity contribution in [2.24, 2.45) is 0 Å². The van der Waals surface area contributed by atoms with E-state index in [1.165, 1.54) is 12.1 Å². The van der Waals surface area contributed by atoms with Crippen LogP contribution in [0.3, 0.4) is 0 Å². The molecule has 42 heavy (non-hydrogen) atoms. The zero-order valence-electron chi connectivity index (χ0n) is 22.8. The van der Waals surface area contributed by atoms with Crippen molar-refractivity contribution in [1.29, 1.82) is 0 Å². The predicted octanol–water partition coefficient (Wildman–Crippen LogP) is 5.30.